The zero-order valence-electron chi connectivity index (χ0n) is 12.3. The zero-order chi connectivity index (χ0) is 14.0. The maximum absolute atomic E-state index is 6.27. The Kier molecular flexibility index (Phi) is 4.08. The molecular formula is C15H25N3O2. The molecule has 1 aliphatic carbocycles. The van der Waals surface area contributed by atoms with E-state index in [0.717, 1.165) is 38.7 Å². The van der Waals surface area contributed by atoms with Crippen molar-refractivity contribution in [3.05, 3.63) is 11.7 Å². The normalized spacial score (nSPS) is 35.7. The minimum atomic E-state index is -0.380. The van der Waals surface area contributed by atoms with Crippen molar-refractivity contribution in [1.82, 2.24) is 10.1 Å². The number of hydrogen-bond acceptors (Lipinski definition) is 5. The molecule has 0 aromatic carbocycles. The van der Waals surface area contributed by atoms with Gasteiger partial charge in [-0.3, -0.25) is 0 Å². The summed E-state index contributed by atoms with van der Waals surface area (Å²) in [5.74, 6) is 1.62. The fourth-order valence-electron chi connectivity index (χ4n) is 3.35. The summed E-state index contributed by atoms with van der Waals surface area (Å²) >= 11 is 0. The highest BCUT2D eigenvalue weighted by atomic mass is 16.5. The summed E-state index contributed by atoms with van der Waals surface area (Å²) in [5, 5.41) is 4.19. The van der Waals surface area contributed by atoms with Crippen LogP contribution in [-0.4, -0.2) is 22.8 Å². The van der Waals surface area contributed by atoms with Gasteiger partial charge in [0.1, 0.15) is 5.60 Å². The zero-order valence-corrected chi connectivity index (χ0v) is 12.3. The fourth-order valence-corrected chi connectivity index (χ4v) is 3.35. The van der Waals surface area contributed by atoms with E-state index >= 15 is 0 Å². The summed E-state index contributed by atoms with van der Waals surface area (Å²) in [7, 11) is 0. The maximum Gasteiger partial charge on any atom is 0.231 e. The number of aromatic nitrogens is 2. The van der Waals surface area contributed by atoms with Gasteiger partial charge in [-0.15, -0.1) is 0 Å². The molecule has 3 atom stereocenters. The van der Waals surface area contributed by atoms with E-state index in [9.17, 15) is 0 Å². The van der Waals surface area contributed by atoms with E-state index in [2.05, 4.69) is 17.1 Å². The number of hydrogen-bond donors (Lipinski definition) is 1. The van der Waals surface area contributed by atoms with Crippen LogP contribution < -0.4 is 5.73 Å². The minimum Gasteiger partial charge on any atom is -0.367 e. The van der Waals surface area contributed by atoms with Crippen LogP contribution in [0.3, 0.4) is 0 Å². The number of nitrogens with zero attached hydrogens (tertiary/aromatic N) is 2. The summed E-state index contributed by atoms with van der Waals surface area (Å²) < 4.78 is 11.4. The quantitative estimate of drug-likeness (QED) is 0.843. The second kappa shape index (κ2) is 5.82. The number of nitrogens with two attached hydrogens (primary N) is 1. The molecule has 5 nitrogen and oxygen atoms in total. The lowest BCUT2D eigenvalue weighted by molar-refractivity contribution is -0.0770. The van der Waals surface area contributed by atoms with Crippen molar-refractivity contribution in [2.45, 2.75) is 75.9 Å². The van der Waals surface area contributed by atoms with Gasteiger partial charge in [0.2, 0.25) is 11.7 Å². The highest BCUT2D eigenvalue weighted by Gasteiger charge is 2.36. The van der Waals surface area contributed by atoms with Gasteiger partial charge >= 0.3 is 0 Å². The Labute approximate surface area is 120 Å². The molecule has 0 radical (unpaired) electrons. The summed E-state index contributed by atoms with van der Waals surface area (Å²) in [6.45, 7) is 2.84. The van der Waals surface area contributed by atoms with Gasteiger partial charge in [0.05, 0.1) is 5.92 Å². The van der Waals surface area contributed by atoms with E-state index in [-0.39, 0.29) is 17.6 Å². The molecule has 3 rings (SSSR count). The Hall–Kier alpha value is -0.940. The Bertz CT molecular complexity index is 440. The van der Waals surface area contributed by atoms with Crippen molar-refractivity contribution < 1.29 is 9.26 Å². The summed E-state index contributed by atoms with van der Waals surface area (Å²) in [4.78, 5) is 4.64. The van der Waals surface area contributed by atoms with Crippen LogP contribution in [-0.2, 0) is 10.3 Å². The fraction of sp³-hybridized carbons (Fsp3) is 0.867. The third kappa shape index (κ3) is 2.74. The average Bonchev–Trinajstić information content (AvgIpc) is 2.85. The summed E-state index contributed by atoms with van der Waals surface area (Å²) in [6, 6.07) is 0.144. The van der Waals surface area contributed by atoms with E-state index in [1.165, 1.54) is 19.3 Å². The van der Waals surface area contributed by atoms with Gasteiger partial charge in [0, 0.05) is 12.6 Å². The first kappa shape index (κ1) is 14.0. The van der Waals surface area contributed by atoms with Crippen LogP contribution in [0.2, 0.25) is 0 Å². The van der Waals surface area contributed by atoms with Gasteiger partial charge < -0.3 is 15.0 Å². The molecule has 112 valence electrons. The first-order valence-corrected chi connectivity index (χ1v) is 7.93. The molecule has 2 fully saturated rings. The van der Waals surface area contributed by atoms with Gasteiger partial charge in [-0.25, -0.2) is 0 Å². The molecule has 1 aromatic rings. The van der Waals surface area contributed by atoms with Crippen molar-refractivity contribution in [3.63, 3.8) is 0 Å². The third-order valence-corrected chi connectivity index (χ3v) is 4.77. The van der Waals surface area contributed by atoms with Crippen molar-refractivity contribution >= 4 is 0 Å². The van der Waals surface area contributed by atoms with Crippen LogP contribution in [0.15, 0.2) is 4.52 Å². The number of ether oxygens (including phenoxy) is 1. The average molecular weight is 279 g/mol. The van der Waals surface area contributed by atoms with Crippen molar-refractivity contribution in [3.8, 4) is 0 Å². The molecule has 2 heterocycles. The van der Waals surface area contributed by atoms with Gasteiger partial charge in [0.25, 0.3) is 0 Å². The second-order valence-electron chi connectivity index (χ2n) is 6.40. The van der Waals surface area contributed by atoms with Crippen molar-refractivity contribution in [1.29, 1.82) is 0 Å². The molecule has 1 aromatic heterocycles. The minimum absolute atomic E-state index is 0.144. The summed E-state index contributed by atoms with van der Waals surface area (Å²) in [5.41, 5.74) is 5.89. The molecule has 1 aliphatic heterocycles. The number of rotatable bonds is 2. The molecule has 0 bridgehead atoms. The van der Waals surface area contributed by atoms with Gasteiger partial charge in [0.15, 0.2) is 0 Å². The van der Waals surface area contributed by atoms with E-state index < -0.39 is 0 Å². The summed E-state index contributed by atoms with van der Waals surface area (Å²) in [6.07, 6.45) is 9.01. The largest absolute Gasteiger partial charge is 0.367 e. The maximum atomic E-state index is 6.27. The lowest BCUT2D eigenvalue weighted by atomic mass is 9.94. The molecular weight excluding hydrogens is 254 g/mol. The first-order valence-electron chi connectivity index (χ1n) is 7.93. The molecule has 0 spiro atoms. The molecule has 20 heavy (non-hydrogen) atoms. The Morgan fingerprint density at radius 3 is 2.80 bits per heavy atom. The Morgan fingerprint density at radius 1 is 1.15 bits per heavy atom. The monoisotopic (exact) mass is 279 g/mol. The van der Waals surface area contributed by atoms with Crippen LogP contribution in [0.25, 0.3) is 0 Å². The molecule has 2 N–H and O–H groups in total. The molecule has 1 saturated carbocycles. The standard InChI is InChI=1S/C15H25N3O2/c1-15(9-5-6-10-19-15)14-17-13(20-18-14)11-7-3-2-4-8-12(11)16/h11-12H,2-10,16H2,1H3. The second-order valence-corrected chi connectivity index (χ2v) is 6.40. The predicted octanol–water partition coefficient (Wildman–Crippen LogP) is 2.86. The highest BCUT2D eigenvalue weighted by molar-refractivity contribution is 5.05. The van der Waals surface area contributed by atoms with Gasteiger partial charge in [-0.2, -0.15) is 4.98 Å². The highest BCUT2D eigenvalue weighted by Crippen LogP contribution is 2.35. The van der Waals surface area contributed by atoms with E-state index in [0.29, 0.717) is 11.7 Å². The van der Waals surface area contributed by atoms with E-state index in [4.69, 9.17) is 15.0 Å². The topological polar surface area (TPSA) is 74.2 Å². The van der Waals surface area contributed by atoms with Crippen LogP contribution >= 0.6 is 0 Å². The Morgan fingerprint density at radius 2 is 2.00 bits per heavy atom. The van der Waals surface area contributed by atoms with Crippen LogP contribution in [0, 0.1) is 0 Å². The molecule has 3 unspecified atom stereocenters. The van der Waals surface area contributed by atoms with Gasteiger partial charge in [-0.05, 0) is 39.0 Å². The van der Waals surface area contributed by atoms with Crippen molar-refractivity contribution in [2.24, 2.45) is 5.73 Å². The van der Waals surface area contributed by atoms with E-state index in [1.807, 2.05) is 0 Å². The van der Waals surface area contributed by atoms with E-state index in [1.54, 1.807) is 0 Å². The first-order chi connectivity index (χ1) is 9.69. The smallest absolute Gasteiger partial charge is 0.231 e. The molecule has 5 heteroatoms. The predicted molar refractivity (Wildman–Crippen MR) is 75.3 cm³/mol. The van der Waals surface area contributed by atoms with Crippen molar-refractivity contribution in [2.75, 3.05) is 6.61 Å². The molecule has 1 saturated heterocycles. The SMILES string of the molecule is CC1(c2noc(C3CCCCCC3N)n2)CCCCO1. The third-order valence-electron chi connectivity index (χ3n) is 4.77. The van der Waals surface area contributed by atoms with Crippen LogP contribution in [0.1, 0.15) is 75.9 Å². The lowest BCUT2D eigenvalue weighted by Gasteiger charge is -2.30. The van der Waals surface area contributed by atoms with Crippen LogP contribution in [0.5, 0.6) is 0 Å². The molecule has 2 aliphatic rings. The molecule has 0 amide bonds. The lowest BCUT2D eigenvalue weighted by Crippen LogP contribution is -2.32. The Balaban J connectivity index is 1.78. The van der Waals surface area contributed by atoms with Crippen LogP contribution in [0.4, 0.5) is 0 Å². The van der Waals surface area contributed by atoms with Gasteiger partial charge in [-0.1, -0.05) is 24.4 Å².